The van der Waals surface area contributed by atoms with Crippen LogP contribution in [0.15, 0.2) is 12.2 Å². The van der Waals surface area contributed by atoms with Crippen LogP contribution >= 0.6 is 0 Å². The standard InChI is InChI=1S/C18H32O4/c1-2-3-4-5-6-7-8-9-10-11-12-13-14-15-16(17(19)20)18(21)22/h8-9,16H,2-7,10-15H2,1H3,(H,19,20)(H,21,22)/b9-8-. The Labute approximate surface area is 134 Å². The molecule has 128 valence electrons. The molecule has 0 amide bonds. The molecule has 0 aliphatic heterocycles. The highest BCUT2D eigenvalue weighted by Gasteiger charge is 2.24. The predicted molar refractivity (Wildman–Crippen MR) is 89.0 cm³/mol. The van der Waals surface area contributed by atoms with Crippen LogP contribution in [0.4, 0.5) is 0 Å². The number of unbranched alkanes of at least 4 members (excludes halogenated alkanes) is 9. The van der Waals surface area contributed by atoms with Crippen LogP contribution < -0.4 is 0 Å². The first kappa shape index (κ1) is 20.7. The summed E-state index contributed by atoms with van der Waals surface area (Å²) in [5, 5.41) is 17.5. The summed E-state index contributed by atoms with van der Waals surface area (Å²) in [7, 11) is 0. The molecule has 0 rings (SSSR count). The van der Waals surface area contributed by atoms with Gasteiger partial charge < -0.3 is 10.2 Å². The van der Waals surface area contributed by atoms with Crippen LogP contribution in [-0.4, -0.2) is 22.2 Å². The SMILES string of the molecule is CCCCCCC/C=C\CCCCCCC(C(=O)O)C(=O)O. The summed E-state index contributed by atoms with van der Waals surface area (Å²) in [5.41, 5.74) is 0. The third-order valence-corrected chi connectivity index (χ3v) is 3.85. The van der Waals surface area contributed by atoms with E-state index in [-0.39, 0.29) is 6.42 Å². The molecular formula is C18H32O4. The third kappa shape index (κ3) is 12.4. The van der Waals surface area contributed by atoms with Gasteiger partial charge in [0.2, 0.25) is 0 Å². The molecule has 0 radical (unpaired) electrons. The highest BCUT2D eigenvalue weighted by molar-refractivity contribution is 5.92. The average molecular weight is 312 g/mol. The second-order valence-corrected chi connectivity index (χ2v) is 5.89. The first-order valence-corrected chi connectivity index (χ1v) is 8.70. The van der Waals surface area contributed by atoms with Gasteiger partial charge in [-0.2, -0.15) is 0 Å². The van der Waals surface area contributed by atoms with E-state index >= 15 is 0 Å². The Balaban J connectivity index is 3.39. The highest BCUT2D eigenvalue weighted by atomic mass is 16.4. The smallest absolute Gasteiger partial charge is 0.317 e. The van der Waals surface area contributed by atoms with Gasteiger partial charge in [-0.25, -0.2) is 0 Å². The van der Waals surface area contributed by atoms with Crippen LogP contribution in [-0.2, 0) is 9.59 Å². The van der Waals surface area contributed by atoms with Crippen molar-refractivity contribution in [3.63, 3.8) is 0 Å². The maximum Gasteiger partial charge on any atom is 0.317 e. The average Bonchev–Trinajstić information content (AvgIpc) is 2.46. The number of aliphatic carboxylic acids is 2. The minimum absolute atomic E-state index is 0.234. The Bertz CT molecular complexity index is 309. The highest BCUT2D eigenvalue weighted by Crippen LogP contribution is 2.13. The summed E-state index contributed by atoms with van der Waals surface area (Å²) in [6.07, 6.45) is 17.2. The van der Waals surface area contributed by atoms with E-state index in [4.69, 9.17) is 10.2 Å². The lowest BCUT2D eigenvalue weighted by Crippen LogP contribution is -2.23. The van der Waals surface area contributed by atoms with Gasteiger partial charge in [0.15, 0.2) is 5.92 Å². The lowest BCUT2D eigenvalue weighted by atomic mass is 10.0. The van der Waals surface area contributed by atoms with Crippen LogP contribution in [0.25, 0.3) is 0 Å². The van der Waals surface area contributed by atoms with Crippen LogP contribution in [0.1, 0.15) is 84.0 Å². The first-order valence-electron chi connectivity index (χ1n) is 8.70. The van der Waals surface area contributed by atoms with E-state index in [0.717, 1.165) is 25.7 Å². The summed E-state index contributed by atoms with van der Waals surface area (Å²) >= 11 is 0. The summed E-state index contributed by atoms with van der Waals surface area (Å²) in [6.45, 7) is 2.23. The fourth-order valence-corrected chi connectivity index (χ4v) is 2.42. The van der Waals surface area contributed by atoms with E-state index in [1.54, 1.807) is 0 Å². The van der Waals surface area contributed by atoms with Gasteiger partial charge in [-0.05, 0) is 32.1 Å². The molecule has 0 aromatic heterocycles. The van der Waals surface area contributed by atoms with E-state index in [2.05, 4.69) is 19.1 Å². The molecule has 0 aromatic carbocycles. The molecule has 0 unspecified atom stereocenters. The molecule has 0 aliphatic rings. The van der Waals surface area contributed by atoms with Gasteiger partial charge in [0.05, 0.1) is 0 Å². The van der Waals surface area contributed by atoms with Crippen LogP contribution in [0.3, 0.4) is 0 Å². The summed E-state index contributed by atoms with van der Waals surface area (Å²) in [6, 6.07) is 0. The molecule has 0 heterocycles. The van der Waals surface area contributed by atoms with Crippen molar-refractivity contribution in [2.45, 2.75) is 84.0 Å². The first-order chi connectivity index (χ1) is 10.6. The lowest BCUT2D eigenvalue weighted by molar-refractivity contribution is -0.154. The fraction of sp³-hybridized carbons (Fsp3) is 0.778. The zero-order valence-electron chi connectivity index (χ0n) is 13.9. The maximum atomic E-state index is 10.7. The Morgan fingerprint density at radius 2 is 1.23 bits per heavy atom. The van der Waals surface area contributed by atoms with E-state index in [1.807, 2.05) is 0 Å². The minimum atomic E-state index is -1.24. The van der Waals surface area contributed by atoms with E-state index in [0.29, 0.717) is 6.42 Å². The number of carbonyl (C=O) groups is 2. The van der Waals surface area contributed by atoms with Crippen molar-refractivity contribution in [1.29, 1.82) is 0 Å². The summed E-state index contributed by atoms with van der Waals surface area (Å²) < 4.78 is 0. The van der Waals surface area contributed by atoms with Crippen molar-refractivity contribution in [3.05, 3.63) is 12.2 Å². The normalized spacial score (nSPS) is 11.4. The Hall–Kier alpha value is -1.32. The Morgan fingerprint density at radius 1 is 0.773 bits per heavy atom. The second-order valence-electron chi connectivity index (χ2n) is 5.89. The summed E-state index contributed by atoms with van der Waals surface area (Å²) in [5.74, 6) is -3.70. The molecule has 22 heavy (non-hydrogen) atoms. The number of carboxylic acids is 2. The van der Waals surface area contributed by atoms with Crippen molar-refractivity contribution in [2.24, 2.45) is 5.92 Å². The number of hydrogen-bond acceptors (Lipinski definition) is 2. The molecular weight excluding hydrogens is 280 g/mol. The van der Waals surface area contributed by atoms with Gasteiger partial charge in [-0.3, -0.25) is 9.59 Å². The van der Waals surface area contributed by atoms with Crippen molar-refractivity contribution >= 4 is 11.9 Å². The Kier molecular flexibility index (Phi) is 13.7. The van der Waals surface area contributed by atoms with Gasteiger partial charge >= 0.3 is 11.9 Å². The second kappa shape index (κ2) is 14.6. The molecule has 0 atom stereocenters. The molecule has 0 aromatic rings. The maximum absolute atomic E-state index is 10.7. The predicted octanol–water partition coefficient (Wildman–Crippen LogP) is 5.03. The van der Waals surface area contributed by atoms with Crippen LogP contribution in [0.2, 0.25) is 0 Å². The van der Waals surface area contributed by atoms with Crippen molar-refractivity contribution in [3.8, 4) is 0 Å². The number of hydrogen-bond donors (Lipinski definition) is 2. The molecule has 0 saturated heterocycles. The topological polar surface area (TPSA) is 74.6 Å². The van der Waals surface area contributed by atoms with E-state index in [9.17, 15) is 9.59 Å². The zero-order valence-corrected chi connectivity index (χ0v) is 13.9. The van der Waals surface area contributed by atoms with Crippen molar-refractivity contribution in [2.75, 3.05) is 0 Å². The lowest BCUT2D eigenvalue weighted by Gasteiger charge is -2.06. The van der Waals surface area contributed by atoms with Crippen LogP contribution in [0.5, 0.6) is 0 Å². The number of carboxylic acid groups (broad SMARTS) is 2. The number of rotatable bonds is 15. The number of allylic oxidation sites excluding steroid dienone is 2. The zero-order chi connectivity index (χ0) is 16.6. The van der Waals surface area contributed by atoms with E-state index in [1.165, 1.54) is 38.5 Å². The largest absolute Gasteiger partial charge is 0.481 e. The quantitative estimate of drug-likeness (QED) is 0.253. The van der Waals surface area contributed by atoms with Gasteiger partial charge in [0, 0.05) is 0 Å². The fourth-order valence-electron chi connectivity index (χ4n) is 2.42. The third-order valence-electron chi connectivity index (χ3n) is 3.85. The minimum Gasteiger partial charge on any atom is -0.481 e. The molecule has 4 heteroatoms. The summed E-state index contributed by atoms with van der Waals surface area (Å²) in [4.78, 5) is 21.4. The van der Waals surface area contributed by atoms with E-state index < -0.39 is 17.9 Å². The van der Waals surface area contributed by atoms with Gasteiger partial charge in [0.25, 0.3) is 0 Å². The molecule has 0 fully saturated rings. The van der Waals surface area contributed by atoms with Gasteiger partial charge in [-0.15, -0.1) is 0 Å². The van der Waals surface area contributed by atoms with Crippen molar-refractivity contribution < 1.29 is 19.8 Å². The van der Waals surface area contributed by atoms with Gasteiger partial charge in [-0.1, -0.05) is 64.0 Å². The molecule has 0 spiro atoms. The molecule has 2 N–H and O–H groups in total. The van der Waals surface area contributed by atoms with Crippen LogP contribution in [0, 0.1) is 5.92 Å². The van der Waals surface area contributed by atoms with Gasteiger partial charge in [0.1, 0.15) is 0 Å². The Morgan fingerprint density at radius 3 is 1.68 bits per heavy atom. The monoisotopic (exact) mass is 312 g/mol. The molecule has 0 saturated carbocycles. The van der Waals surface area contributed by atoms with Crippen molar-refractivity contribution in [1.82, 2.24) is 0 Å². The molecule has 0 aliphatic carbocycles. The molecule has 0 bridgehead atoms. The molecule has 4 nitrogen and oxygen atoms in total.